The Morgan fingerprint density at radius 1 is 1.19 bits per heavy atom. The molecule has 7 heteroatoms. The van der Waals surface area contributed by atoms with Gasteiger partial charge in [-0.15, -0.1) is 0 Å². The summed E-state index contributed by atoms with van der Waals surface area (Å²) < 4.78 is 29.0. The van der Waals surface area contributed by atoms with Gasteiger partial charge in [0.15, 0.2) is 16.4 Å². The van der Waals surface area contributed by atoms with E-state index in [4.69, 9.17) is 16.3 Å². The Hall–Kier alpha value is -2.05. The van der Waals surface area contributed by atoms with Crippen molar-refractivity contribution in [2.24, 2.45) is 0 Å². The van der Waals surface area contributed by atoms with Crippen molar-refractivity contribution in [2.45, 2.75) is 31.6 Å². The summed E-state index contributed by atoms with van der Waals surface area (Å²) in [5, 5.41) is 2.85. The molecule has 1 N–H and O–H groups in total. The van der Waals surface area contributed by atoms with Crippen LogP contribution >= 0.6 is 11.6 Å². The van der Waals surface area contributed by atoms with Crippen molar-refractivity contribution in [3.63, 3.8) is 0 Å². The third-order valence-corrected chi connectivity index (χ3v) is 5.23. The topological polar surface area (TPSA) is 72.5 Å². The summed E-state index contributed by atoms with van der Waals surface area (Å²) in [6, 6.07) is 10.0. The number of carbonyl (C=O) groups is 1. The zero-order valence-electron chi connectivity index (χ0n) is 15.2. The normalized spacial score (nSPS) is 11.5. The minimum Gasteiger partial charge on any atom is -0.483 e. The highest BCUT2D eigenvalue weighted by Gasteiger charge is 2.14. The fourth-order valence-corrected chi connectivity index (χ4v) is 3.22. The van der Waals surface area contributed by atoms with Crippen LogP contribution in [0.25, 0.3) is 0 Å². The maximum atomic E-state index is 12.2. The summed E-state index contributed by atoms with van der Waals surface area (Å²) in [5.74, 6) is 0.495. The van der Waals surface area contributed by atoms with Crippen LogP contribution in [0.1, 0.15) is 30.9 Å². The Labute approximate surface area is 159 Å². The molecule has 0 aliphatic rings. The van der Waals surface area contributed by atoms with E-state index in [1.165, 1.54) is 18.2 Å². The first-order valence-corrected chi connectivity index (χ1v) is 10.4. The maximum absolute atomic E-state index is 12.2. The van der Waals surface area contributed by atoms with Crippen LogP contribution in [-0.4, -0.2) is 27.2 Å². The second-order valence-corrected chi connectivity index (χ2v) is 8.87. The maximum Gasteiger partial charge on any atom is 0.262 e. The van der Waals surface area contributed by atoms with Crippen molar-refractivity contribution in [3.05, 3.63) is 52.5 Å². The molecule has 0 saturated carbocycles. The van der Waals surface area contributed by atoms with E-state index in [0.717, 1.165) is 17.4 Å². The summed E-state index contributed by atoms with van der Waals surface area (Å²) in [5.41, 5.74) is 2.28. The number of sulfone groups is 1. The highest BCUT2D eigenvalue weighted by molar-refractivity contribution is 7.90. The van der Waals surface area contributed by atoms with E-state index < -0.39 is 15.7 Å². The first-order valence-electron chi connectivity index (χ1n) is 8.10. The van der Waals surface area contributed by atoms with Gasteiger partial charge in [0.2, 0.25) is 0 Å². The number of carbonyl (C=O) groups excluding carboxylic acids is 1. The first kappa shape index (κ1) is 20.3. The third kappa shape index (κ3) is 5.22. The number of amides is 1. The zero-order valence-corrected chi connectivity index (χ0v) is 16.7. The van der Waals surface area contributed by atoms with Gasteiger partial charge in [-0.2, -0.15) is 0 Å². The molecule has 0 spiro atoms. The number of hydrogen-bond acceptors (Lipinski definition) is 4. The molecule has 5 nitrogen and oxygen atoms in total. The molecule has 0 atom stereocenters. The van der Waals surface area contributed by atoms with E-state index >= 15 is 0 Å². The van der Waals surface area contributed by atoms with Gasteiger partial charge >= 0.3 is 0 Å². The van der Waals surface area contributed by atoms with Gasteiger partial charge in [-0.25, -0.2) is 8.42 Å². The first-order chi connectivity index (χ1) is 12.1. The van der Waals surface area contributed by atoms with Crippen molar-refractivity contribution < 1.29 is 17.9 Å². The van der Waals surface area contributed by atoms with E-state index in [1.807, 2.05) is 39.0 Å². The number of halogens is 1. The number of rotatable bonds is 6. The van der Waals surface area contributed by atoms with Crippen LogP contribution in [0.5, 0.6) is 5.75 Å². The Kier molecular flexibility index (Phi) is 6.31. The smallest absolute Gasteiger partial charge is 0.262 e. The molecule has 0 fully saturated rings. The summed E-state index contributed by atoms with van der Waals surface area (Å²) in [6.45, 7) is 5.85. The van der Waals surface area contributed by atoms with Crippen LogP contribution in [-0.2, 0) is 14.6 Å². The largest absolute Gasteiger partial charge is 0.483 e. The number of aryl methyl sites for hydroxylation is 1. The number of nitrogens with one attached hydrogen (secondary N) is 1. The molecule has 0 saturated heterocycles. The Balaban J connectivity index is 2.12. The molecule has 0 aliphatic carbocycles. The number of anilines is 1. The molecule has 1 amide bonds. The van der Waals surface area contributed by atoms with Crippen LogP contribution in [0, 0.1) is 6.92 Å². The van der Waals surface area contributed by atoms with E-state index in [9.17, 15) is 13.2 Å². The number of benzene rings is 2. The standard InChI is InChI=1S/C19H22ClNO4S/c1-12(2)15-7-5-13(3)9-18(15)25-11-19(22)21-17-10-14(26(4,23)24)6-8-16(17)20/h5-10,12H,11H2,1-4H3,(H,21,22). The van der Waals surface area contributed by atoms with Crippen LogP contribution in [0.3, 0.4) is 0 Å². The molecule has 0 bridgehead atoms. The van der Waals surface area contributed by atoms with Gasteiger partial charge in [-0.05, 0) is 48.2 Å². The molecular formula is C19H22ClNO4S. The molecule has 0 unspecified atom stereocenters. The van der Waals surface area contributed by atoms with Crippen molar-refractivity contribution in [1.29, 1.82) is 0 Å². The summed E-state index contributed by atoms with van der Waals surface area (Å²) in [6.07, 6.45) is 1.09. The molecule has 2 rings (SSSR count). The molecule has 2 aromatic carbocycles. The van der Waals surface area contributed by atoms with Crippen molar-refractivity contribution in [2.75, 3.05) is 18.2 Å². The van der Waals surface area contributed by atoms with Gasteiger partial charge in [0.1, 0.15) is 5.75 Å². The van der Waals surface area contributed by atoms with E-state index in [1.54, 1.807) is 0 Å². The number of hydrogen-bond donors (Lipinski definition) is 1. The van der Waals surface area contributed by atoms with Crippen molar-refractivity contribution >= 4 is 33.0 Å². The van der Waals surface area contributed by atoms with Gasteiger partial charge in [0.05, 0.1) is 15.6 Å². The Bertz CT molecular complexity index is 923. The van der Waals surface area contributed by atoms with Gasteiger partial charge in [-0.1, -0.05) is 37.6 Å². The molecular weight excluding hydrogens is 374 g/mol. The second-order valence-electron chi connectivity index (χ2n) is 6.45. The lowest BCUT2D eigenvalue weighted by Crippen LogP contribution is -2.21. The quantitative estimate of drug-likeness (QED) is 0.795. The highest BCUT2D eigenvalue weighted by atomic mass is 35.5. The SMILES string of the molecule is Cc1ccc(C(C)C)c(OCC(=O)Nc2cc(S(C)(=O)=O)ccc2Cl)c1. The van der Waals surface area contributed by atoms with Crippen LogP contribution in [0.2, 0.25) is 5.02 Å². The number of ether oxygens (including phenoxy) is 1. The van der Waals surface area contributed by atoms with Gasteiger partial charge < -0.3 is 10.1 Å². The van der Waals surface area contributed by atoms with E-state index in [0.29, 0.717) is 5.75 Å². The fraction of sp³-hybridized carbons (Fsp3) is 0.316. The van der Waals surface area contributed by atoms with Gasteiger partial charge in [-0.3, -0.25) is 4.79 Å². The molecule has 26 heavy (non-hydrogen) atoms. The summed E-state index contributed by atoms with van der Waals surface area (Å²) in [7, 11) is -3.39. The minimum absolute atomic E-state index is 0.0823. The molecule has 2 aromatic rings. The van der Waals surface area contributed by atoms with Crippen LogP contribution in [0.15, 0.2) is 41.3 Å². The lowest BCUT2D eigenvalue weighted by Gasteiger charge is -2.15. The van der Waals surface area contributed by atoms with Gasteiger partial charge in [0.25, 0.3) is 5.91 Å². The van der Waals surface area contributed by atoms with Crippen LogP contribution in [0.4, 0.5) is 5.69 Å². The minimum atomic E-state index is -3.39. The average molecular weight is 396 g/mol. The molecule has 0 radical (unpaired) electrons. The Morgan fingerprint density at radius 3 is 2.50 bits per heavy atom. The molecule has 140 valence electrons. The highest BCUT2D eigenvalue weighted by Crippen LogP contribution is 2.28. The Morgan fingerprint density at radius 2 is 1.88 bits per heavy atom. The lowest BCUT2D eigenvalue weighted by atomic mass is 10.0. The summed E-state index contributed by atoms with van der Waals surface area (Å²) >= 11 is 6.04. The fourth-order valence-electron chi connectivity index (χ4n) is 2.40. The zero-order chi connectivity index (χ0) is 19.5. The average Bonchev–Trinajstić information content (AvgIpc) is 2.53. The molecule has 0 aromatic heterocycles. The predicted molar refractivity (Wildman–Crippen MR) is 104 cm³/mol. The van der Waals surface area contributed by atoms with Crippen molar-refractivity contribution in [1.82, 2.24) is 0 Å². The summed E-state index contributed by atoms with van der Waals surface area (Å²) in [4.78, 5) is 12.3. The van der Waals surface area contributed by atoms with Crippen LogP contribution < -0.4 is 10.1 Å². The van der Waals surface area contributed by atoms with E-state index in [-0.39, 0.29) is 28.1 Å². The third-order valence-electron chi connectivity index (χ3n) is 3.79. The predicted octanol–water partition coefficient (Wildman–Crippen LogP) is 4.19. The monoisotopic (exact) mass is 395 g/mol. The van der Waals surface area contributed by atoms with Crippen molar-refractivity contribution in [3.8, 4) is 5.75 Å². The second kappa shape index (κ2) is 8.10. The lowest BCUT2D eigenvalue weighted by molar-refractivity contribution is -0.118. The molecule has 0 aliphatic heterocycles. The molecule has 0 heterocycles. The van der Waals surface area contributed by atoms with E-state index in [2.05, 4.69) is 5.32 Å². The van der Waals surface area contributed by atoms with Gasteiger partial charge in [0, 0.05) is 6.26 Å².